The van der Waals surface area contributed by atoms with Gasteiger partial charge in [0.25, 0.3) is 0 Å². The number of fused-ring (bicyclic) bond motifs is 8. The summed E-state index contributed by atoms with van der Waals surface area (Å²) in [6.07, 6.45) is 0. The summed E-state index contributed by atoms with van der Waals surface area (Å²) in [5.41, 5.74) is 20.5. The molecule has 0 atom stereocenters. The van der Waals surface area contributed by atoms with Gasteiger partial charge in [-0.25, -0.2) is 0 Å². The summed E-state index contributed by atoms with van der Waals surface area (Å²) >= 11 is 0. The summed E-state index contributed by atoms with van der Waals surface area (Å²) < 4.78 is 0. The molecule has 10 aromatic carbocycles. The first-order valence-corrected chi connectivity index (χ1v) is 22.1. The number of hydrogen-bond acceptors (Lipinski definition) is 1. The zero-order valence-electron chi connectivity index (χ0n) is 35.5. The fourth-order valence-corrected chi connectivity index (χ4v) is 11.1. The van der Waals surface area contributed by atoms with Crippen LogP contribution in [0.2, 0.25) is 0 Å². The molecule has 2 aliphatic carbocycles. The lowest BCUT2D eigenvalue weighted by Gasteiger charge is -2.36. The zero-order chi connectivity index (χ0) is 42.1. The van der Waals surface area contributed by atoms with Crippen LogP contribution in [-0.2, 0) is 10.8 Å². The summed E-state index contributed by atoms with van der Waals surface area (Å²) in [7, 11) is 0. The van der Waals surface area contributed by atoms with E-state index in [1.54, 1.807) is 0 Å². The van der Waals surface area contributed by atoms with Gasteiger partial charge < -0.3 is 4.90 Å². The van der Waals surface area contributed by atoms with Gasteiger partial charge in [-0.05, 0) is 131 Å². The molecule has 0 radical (unpaired) electrons. The topological polar surface area (TPSA) is 3.24 Å². The highest BCUT2D eigenvalue weighted by Crippen LogP contribution is 2.60. The van der Waals surface area contributed by atoms with Crippen molar-refractivity contribution in [2.45, 2.75) is 24.7 Å². The van der Waals surface area contributed by atoms with E-state index in [4.69, 9.17) is 0 Å². The van der Waals surface area contributed by atoms with E-state index in [1.165, 1.54) is 88.7 Å². The van der Waals surface area contributed by atoms with Crippen molar-refractivity contribution in [2.24, 2.45) is 0 Å². The lowest BCUT2D eigenvalue weighted by Crippen LogP contribution is -2.29. The number of anilines is 3. The molecule has 0 aromatic heterocycles. The summed E-state index contributed by atoms with van der Waals surface area (Å²) in [5.74, 6) is 0. The summed E-state index contributed by atoms with van der Waals surface area (Å²) in [5, 5.41) is 2.53. The minimum Gasteiger partial charge on any atom is -0.310 e. The molecule has 63 heavy (non-hydrogen) atoms. The highest BCUT2D eigenvalue weighted by Gasteiger charge is 2.48. The Kier molecular flexibility index (Phi) is 8.49. The Hall–Kier alpha value is -7.74. The van der Waals surface area contributed by atoms with Crippen LogP contribution in [-0.4, -0.2) is 0 Å². The maximum atomic E-state index is 2.50. The Morgan fingerprint density at radius 1 is 0.302 bits per heavy atom. The molecule has 2 aliphatic rings. The van der Waals surface area contributed by atoms with Crippen LogP contribution in [0.15, 0.2) is 237 Å². The molecule has 0 bridgehead atoms. The van der Waals surface area contributed by atoms with Gasteiger partial charge in [0.05, 0.1) is 5.41 Å². The largest absolute Gasteiger partial charge is 0.310 e. The highest BCUT2D eigenvalue weighted by molar-refractivity contribution is 6.08. The van der Waals surface area contributed by atoms with Crippen LogP contribution in [0, 0.1) is 0 Å². The van der Waals surface area contributed by atoms with Gasteiger partial charge in [0.15, 0.2) is 0 Å². The Labute approximate surface area is 370 Å². The van der Waals surface area contributed by atoms with Crippen molar-refractivity contribution in [1.29, 1.82) is 0 Å². The number of benzene rings is 10. The molecule has 0 saturated carbocycles. The number of rotatable bonds is 7. The van der Waals surface area contributed by atoms with Crippen molar-refractivity contribution < 1.29 is 0 Å². The minimum absolute atomic E-state index is 0.141. The highest BCUT2D eigenvalue weighted by atomic mass is 15.1. The van der Waals surface area contributed by atoms with Crippen molar-refractivity contribution >= 4 is 27.8 Å². The van der Waals surface area contributed by atoms with Crippen molar-refractivity contribution in [3.8, 4) is 44.5 Å². The van der Waals surface area contributed by atoms with Crippen LogP contribution in [0.5, 0.6) is 0 Å². The third kappa shape index (κ3) is 5.63. The van der Waals surface area contributed by atoms with Gasteiger partial charge >= 0.3 is 0 Å². The van der Waals surface area contributed by atoms with Crippen LogP contribution in [0.4, 0.5) is 17.1 Å². The molecule has 0 heterocycles. The second-order valence-corrected chi connectivity index (χ2v) is 17.6. The van der Waals surface area contributed by atoms with Gasteiger partial charge in [-0.2, -0.15) is 0 Å². The van der Waals surface area contributed by atoms with Gasteiger partial charge in [-0.15, -0.1) is 0 Å². The molecule has 298 valence electrons. The van der Waals surface area contributed by atoms with Crippen LogP contribution >= 0.6 is 0 Å². The third-order valence-electron chi connectivity index (χ3n) is 13.9. The van der Waals surface area contributed by atoms with E-state index in [0.29, 0.717) is 0 Å². The second kappa shape index (κ2) is 14.4. The number of nitrogens with zero attached hydrogens (tertiary/aromatic N) is 1. The van der Waals surface area contributed by atoms with Crippen LogP contribution in [0.1, 0.15) is 47.2 Å². The fourth-order valence-electron chi connectivity index (χ4n) is 11.1. The van der Waals surface area contributed by atoms with Gasteiger partial charge in [0.1, 0.15) is 0 Å². The lowest BCUT2D eigenvalue weighted by molar-refractivity contribution is 0.660. The molecular formula is C62H45N. The first-order valence-electron chi connectivity index (χ1n) is 22.1. The molecule has 0 spiro atoms. The molecule has 1 heteroatoms. The molecular weight excluding hydrogens is 759 g/mol. The summed E-state index contributed by atoms with van der Waals surface area (Å²) in [6.45, 7) is 4.74. The van der Waals surface area contributed by atoms with Crippen molar-refractivity contribution in [3.63, 3.8) is 0 Å². The maximum absolute atomic E-state index is 2.50. The predicted octanol–water partition coefficient (Wildman–Crippen LogP) is 16.3. The third-order valence-corrected chi connectivity index (χ3v) is 13.9. The van der Waals surface area contributed by atoms with E-state index in [-0.39, 0.29) is 5.41 Å². The first-order chi connectivity index (χ1) is 31.0. The second-order valence-electron chi connectivity index (χ2n) is 17.6. The molecule has 1 nitrogen and oxygen atoms in total. The monoisotopic (exact) mass is 803 g/mol. The van der Waals surface area contributed by atoms with Crippen LogP contribution < -0.4 is 4.90 Å². The molecule has 12 rings (SSSR count). The predicted molar refractivity (Wildman–Crippen MR) is 264 cm³/mol. The average Bonchev–Trinajstić information content (AvgIpc) is 3.78. The van der Waals surface area contributed by atoms with Gasteiger partial charge in [0.2, 0.25) is 0 Å². The molecule has 0 aliphatic heterocycles. The van der Waals surface area contributed by atoms with Crippen molar-refractivity contribution in [3.05, 3.63) is 270 Å². The van der Waals surface area contributed by atoms with E-state index < -0.39 is 5.41 Å². The number of hydrogen-bond donors (Lipinski definition) is 0. The van der Waals surface area contributed by atoms with Gasteiger partial charge in [-0.1, -0.05) is 208 Å². The summed E-state index contributed by atoms with van der Waals surface area (Å²) in [6, 6.07) is 87.9. The quantitative estimate of drug-likeness (QED) is 0.155. The Morgan fingerprint density at radius 2 is 0.762 bits per heavy atom. The Bertz CT molecular complexity index is 3290. The Balaban J connectivity index is 1.14. The SMILES string of the molecule is CC1(C)c2ccccc2-c2ccc(N(c3ccc(-c4ccccc4)cc3)c3ccc4c(c3)C(c3ccccc3)(c3ccccc3)c3c-4cc(-c4ccccc4)c4ccccc34)cc21. The first kappa shape index (κ1) is 37.1. The standard InChI is InChI=1S/C62H45N/c1-61(2)57-30-18-17-28-51(57)52-37-35-48(39-58(52)61)63(47-33-31-43(32-34-47)42-19-7-3-8-20-42)49-36-38-53-56-41-55(44-21-9-4-10-22-44)50-27-15-16-29-54(50)60(56)62(59(53)40-49,45-23-11-5-12-24-45)46-25-13-6-14-26-46/h3-41H,1-2H3. The molecule has 0 amide bonds. The van der Waals surface area contributed by atoms with Crippen molar-refractivity contribution in [2.75, 3.05) is 4.90 Å². The average molecular weight is 804 g/mol. The molecule has 0 N–H and O–H groups in total. The van der Waals surface area contributed by atoms with E-state index in [0.717, 1.165) is 17.1 Å². The van der Waals surface area contributed by atoms with E-state index in [2.05, 4.69) is 255 Å². The lowest BCUT2D eigenvalue weighted by atomic mass is 9.66. The van der Waals surface area contributed by atoms with Crippen LogP contribution in [0.3, 0.4) is 0 Å². The summed E-state index contributed by atoms with van der Waals surface area (Å²) in [4.78, 5) is 2.48. The maximum Gasteiger partial charge on any atom is 0.0720 e. The van der Waals surface area contributed by atoms with Gasteiger partial charge in [0, 0.05) is 22.5 Å². The smallest absolute Gasteiger partial charge is 0.0720 e. The van der Waals surface area contributed by atoms with Crippen molar-refractivity contribution in [1.82, 2.24) is 0 Å². The molecule has 10 aromatic rings. The molecule has 0 unspecified atom stereocenters. The van der Waals surface area contributed by atoms with E-state index in [1.807, 2.05) is 0 Å². The van der Waals surface area contributed by atoms with E-state index in [9.17, 15) is 0 Å². The fraction of sp³-hybridized carbons (Fsp3) is 0.0645. The van der Waals surface area contributed by atoms with E-state index >= 15 is 0 Å². The zero-order valence-corrected chi connectivity index (χ0v) is 35.5. The Morgan fingerprint density at radius 3 is 1.40 bits per heavy atom. The van der Waals surface area contributed by atoms with Crippen LogP contribution in [0.25, 0.3) is 55.3 Å². The molecule has 0 fully saturated rings. The minimum atomic E-state index is -0.609. The molecule has 0 saturated heterocycles. The normalized spacial score (nSPS) is 13.8. The van der Waals surface area contributed by atoms with Gasteiger partial charge in [-0.3, -0.25) is 0 Å².